The first-order valence-corrected chi connectivity index (χ1v) is 6.65. The first-order valence-electron chi connectivity index (χ1n) is 6.65. The molecule has 0 bridgehead atoms. The highest BCUT2D eigenvalue weighted by Gasteiger charge is 2.20. The van der Waals surface area contributed by atoms with Gasteiger partial charge in [-0.2, -0.15) is 0 Å². The summed E-state index contributed by atoms with van der Waals surface area (Å²) in [6, 6.07) is 0.682. The molecular weight excluding hydrogens is 238 g/mol. The summed E-state index contributed by atoms with van der Waals surface area (Å²) in [4.78, 5) is 12.9. The van der Waals surface area contributed by atoms with Gasteiger partial charge in [-0.05, 0) is 41.5 Å². The molecule has 0 atom stereocenters. The van der Waals surface area contributed by atoms with Crippen molar-refractivity contribution in [2.45, 2.75) is 53.6 Å². The van der Waals surface area contributed by atoms with Crippen LogP contribution in [0.25, 0.3) is 0 Å². The van der Waals surface area contributed by atoms with E-state index in [1.54, 1.807) is 12.7 Å². The third-order valence-corrected chi connectivity index (χ3v) is 2.20. The molecule has 0 saturated heterocycles. The summed E-state index contributed by atoms with van der Waals surface area (Å²) in [7, 11) is 3.84. The van der Waals surface area contributed by atoms with E-state index >= 15 is 0 Å². The average Bonchev–Trinajstić information content (AvgIpc) is 2.21. The molecule has 0 N–H and O–H groups in total. The number of hydrogen-bond acceptors (Lipinski definition) is 0. The minimum absolute atomic E-state index is 0.341. The van der Waals surface area contributed by atoms with Crippen LogP contribution < -0.4 is 4.67 Å². The second-order valence-corrected chi connectivity index (χ2v) is 5.43. The fraction of sp³-hybridized carbons (Fsp3) is 0.714. The highest BCUT2D eigenvalue weighted by molar-refractivity contribution is 5.97. The Balaban J connectivity index is 5.37. The van der Waals surface area contributed by atoms with Gasteiger partial charge in [0, 0.05) is 17.8 Å². The Hall–Kier alpha value is -1.61. The monoisotopic (exact) mass is 266 g/mol. The zero-order valence-electron chi connectivity index (χ0n) is 13.5. The molecule has 0 aliphatic rings. The largest absolute Gasteiger partial charge is 0.322 e. The van der Waals surface area contributed by atoms with Crippen molar-refractivity contribution in [1.82, 2.24) is 14.5 Å². The van der Waals surface area contributed by atoms with Crippen LogP contribution in [-0.2, 0) is 0 Å². The molecule has 0 aromatic rings. The topological polar surface area (TPSA) is 45.3 Å². The molecule has 19 heavy (non-hydrogen) atoms. The summed E-state index contributed by atoms with van der Waals surface area (Å²) in [5, 5.41) is 0. The lowest BCUT2D eigenvalue weighted by atomic mass is 10.2. The lowest BCUT2D eigenvalue weighted by molar-refractivity contribution is 0.289. The minimum Gasteiger partial charge on any atom is -0.322 e. The number of guanidine groups is 1. The Morgan fingerprint density at radius 1 is 1.05 bits per heavy atom. The van der Waals surface area contributed by atoms with E-state index in [1.165, 1.54) is 0 Å². The second-order valence-electron chi connectivity index (χ2n) is 5.43. The van der Waals surface area contributed by atoms with Crippen molar-refractivity contribution in [3.05, 3.63) is 0 Å². The van der Waals surface area contributed by atoms with Gasteiger partial charge in [-0.25, -0.2) is 9.66 Å². The van der Waals surface area contributed by atoms with Gasteiger partial charge < -0.3 is 4.90 Å². The molecule has 5 nitrogen and oxygen atoms in total. The predicted molar refractivity (Wildman–Crippen MR) is 86.3 cm³/mol. The van der Waals surface area contributed by atoms with Gasteiger partial charge in [0.15, 0.2) is 0 Å². The van der Waals surface area contributed by atoms with Gasteiger partial charge >= 0.3 is 12.3 Å². The van der Waals surface area contributed by atoms with Crippen molar-refractivity contribution in [2.24, 2.45) is 9.98 Å². The molecule has 0 aromatic carbocycles. The van der Waals surface area contributed by atoms with Crippen molar-refractivity contribution >= 4 is 24.3 Å². The maximum Gasteiger partial charge on any atom is 0.315 e. The molecule has 0 aromatic heterocycles. The molecule has 0 fully saturated rings. The fourth-order valence-corrected chi connectivity index (χ4v) is 1.66. The number of nitrogens with zero attached hydrogens (tertiary/aromatic N) is 5. The molecule has 0 rings (SSSR count). The van der Waals surface area contributed by atoms with E-state index in [9.17, 15) is 0 Å². The molecule has 0 unspecified atom stereocenters. The van der Waals surface area contributed by atoms with Crippen LogP contribution in [0.1, 0.15) is 41.5 Å². The summed E-state index contributed by atoms with van der Waals surface area (Å²) in [5.41, 5.74) is 0.982. The average molecular weight is 266 g/mol. The molecule has 5 heteroatoms. The molecule has 0 radical (unpaired) electrons. The lowest BCUT2D eigenvalue weighted by Gasteiger charge is -2.29. The van der Waals surface area contributed by atoms with Gasteiger partial charge in [-0.3, -0.25) is 4.90 Å². The van der Waals surface area contributed by atoms with Gasteiger partial charge in [0.05, 0.1) is 14.1 Å². The number of rotatable bonds is 4. The summed E-state index contributed by atoms with van der Waals surface area (Å²) in [5.74, 6) is 0.709. The van der Waals surface area contributed by atoms with Crippen LogP contribution in [-0.4, -0.2) is 60.3 Å². The highest BCUT2D eigenvalue weighted by atomic mass is 15.3. The van der Waals surface area contributed by atoms with E-state index in [2.05, 4.69) is 47.2 Å². The molecule has 0 aliphatic heterocycles. The van der Waals surface area contributed by atoms with Crippen molar-refractivity contribution in [3.8, 4) is 0 Å². The van der Waals surface area contributed by atoms with Crippen molar-refractivity contribution in [1.29, 1.82) is 0 Å². The molecule has 0 aliphatic carbocycles. The standard InChI is InChI=1S/C14H28N5/c1-11(2)17-14(16-9-15-10-18(7)8)19(12(3)4)13(5)6/h9-10,12-13H,1-8H3/q+1. The van der Waals surface area contributed by atoms with E-state index in [0.29, 0.717) is 18.0 Å². The van der Waals surface area contributed by atoms with E-state index < -0.39 is 0 Å². The highest BCUT2D eigenvalue weighted by Crippen LogP contribution is 2.07. The fourth-order valence-electron chi connectivity index (χ4n) is 1.66. The van der Waals surface area contributed by atoms with E-state index in [0.717, 1.165) is 5.71 Å². The summed E-state index contributed by atoms with van der Waals surface area (Å²) >= 11 is 0. The van der Waals surface area contributed by atoms with E-state index in [1.807, 2.05) is 32.8 Å². The molecule has 108 valence electrons. The van der Waals surface area contributed by atoms with Gasteiger partial charge in [0.1, 0.15) is 0 Å². The predicted octanol–water partition coefficient (Wildman–Crippen LogP) is 1.63. The third kappa shape index (κ3) is 7.42. The Morgan fingerprint density at radius 2 is 1.58 bits per heavy atom. The smallest absolute Gasteiger partial charge is 0.315 e. The Labute approximate surface area is 117 Å². The first kappa shape index (κ1) is 17.4. The van der Waals surface area contributed by atoms with Crippen LogP contribution >= 0.6 is 0 Å². The Bertz CT molecular complexity index is 373. The van der Waals surface area contributed by atoms with Crippen LogP contribution in [0.2, 0.25) is 0 Å². The molecule has 0 spiro atoms. The second kappa shape index (κ2) is 8.48. The minimum atomic E-state index is 0.341. The first-order chi connectivity index (χ1) is 8.75. The van der Waals surface area contributed by atoms with Crippen LogP contribution in [0, 0.1) is 0 Å². The summed E-state index contributed by atoms with van der Waals surface area (Å²) in [6.45, 7) is 12.5. The van der Waals surface area contributed by atoms with Gasteiger partial charge in [0.2, 0.25) is 0 Å². The van der Waals surface area contributed by atoms with Crippen molar-refractivity contribution in [3.63, 3.8) is 0 Å². The Morgan fingerprint density at radius 3 is 1.95 bits per heavy atom. The van der Waals surface area contributed by atoms with Crippen LogP contribution in [0.15, 0.2) is 9.98 Å². The van der Waals surface area contributed by atoms with Crippen molar-refractivity contribution in [2.75, 3.05) is 14.1 Å². The maximum absolute atomic E-state index is 4.51. The van der Waals surface area contributed by atoms with Crippen LogP contribution in [0.5, 0.6) is 0 Å². The zero-order chi connectivity index (χ0) is 15.0. The quantitative estimate of drug-likeness (QED) is 0.441. The number of aliphatic imine (C=N–C) groups is 2. The summed E-state index contributed by atoms with van der Waals surface area (Å²) in [6.07, 6.45) is 3.25. The van der Waals surface area contributed by atoms with E-state index in [4.69, 9.17) is 0 Å². The Kier molecular flexibility index (Phi) is 7.77. The van der Waals surface area contributed by atoms with E-state index in [-0.39, 0.29) is 0 Å². The molecule has 0 saturated carbocycles. The molecule has 0 amide bonds. The molecular formula is C14H28N5+. The normalized spacial score (nSPS) is 11.2. The zero-order valence-corrected chi connectivity index (χ0v) is 13.5. The van der Waals surface area contributed by atoms with Gasteiger partial charge in [0.25, 0.3) is 6.34 Å². The summed E-state index contributed by atoms with van der Waals surface area (Å²) < 4.78 is 4.11. The van der Waals surface area contributed by atoms with Crippen LogP contribution in [0.4, 0.5) is 0 Å². The number of hydrogen-bond donors (Lipinski definition) is 0. The lowest BCUT2D eigenvalue weighted by Crippen LogP contribution is -2.41. The maximum atomic E-state index is 4.51. The third-order valence-electron chi connectivity index (χ3n) is 2.20. The van der Waals surface area contributed by atoms with Crippen LogP contribution in [0.3, 0.4) is 0 Å². The van der Waals surface area contributed by atoms with Gasteiger partial charge in [-0.15, -0.1) is 0 Å². The van der Waals surface area contributed by atoms with Gasteiger partial charge in [-0.1, -0.05) is 4.99 Å². The SMILES string of the molecule is CC(C)=NC(=NC=[N+]=CN(C)C)N(C(C)C)C(C)C. The molecule has 0 heterocycles. The van der Waals surface area contributed by atoms with Crippen molar-refractivity contribution < 1.29 is 0 Å².